The van der Waals surface area contributed by atoms with Crippen molar-refractivity contribution in [1.29, 1.82) is 0 Å². The van der Waals surface area contributed by atoms with Crippen LogP contribution in [0.4, 0.5) is 10.3 Å². The normalized spacial score (nSPS) is 16.1. The molecular formula is C16H20FN3. The molecule has 1 aliphatic carbocycles. The highest BCUT2D eigenvalue weighted by atomic mass is 19.1. The van der Waals surface area contributed by atoms with E-state index in [9.17, 15) is 4.39 Å². The number of anilines is 1. The smallest absolute Gasteiger partial charge is 0.203 e. The van der Waals surface area contributed by atoms with E-state index in [1.165, 1.54) is 25.0 Å². The van der Waals surface area contributed by atoms with Crippen LogP contribution in [0.2, 0.25) is 0 Å². The molecule has 0 aliphatic heterocycles. The maximum atomic E-state index is 12.9. The lowest BCUT2D eigenvalue weighted by Gasteiger charge is -2.16. The molecule has 4 heteroatoms. The molecule has 1 aromatic carbocycles. The highest BCUT2D eigenvalue weighted by molar-refractivity contribution is 5.32. The molecule has 2 aromatic rings. The van der Waals surface area contributed by atoms with Crippen LogP contribution in [0.15, 0.2) is 30.5 Å². The molecule has 1 unspecified atom stereocenters. The number of aromatic nitrogens is 2. The maximum absolute atomic E-state index is 12.9. The van der Waals surface area contributed by atoms with Gasteiger partial charge in [-0.3, -0.25) is 0 Å². The molecule has 0 spiro atoms. The van der Waals surface area contributed by atoms with Gasteiger partial charge in [-0.2, -0.15) is 0 Å². The SMILES string of the molecule is Cc1cn(C2CC2)c(NC(C)Cc2ccc(F)cc2)n1. The molecule has 3 rings (SSSR count). The molecule has 20 heavy (non-hydrogen) atoms. The van der Waals surface area contributed by atoms with E-state index in [1.54, 1.807) is 0 Å². The summed E-state index contributed by atoms with van der Waals surface area (Å²) in [4.78, 5) is 4.56. The first kappa shape index (κ1) is 13.2. The fourth-order valence-electron chi connectivity index (χ4n) is 2.50. The molecule has 106 valence electrons. The van der Waals surface area contributed by atoms with Crippen LogP contribution < -0.4 is 5.32 Å². The number of hydrogen-bond donors (Lipinski definition) is 1. The van der Waals surface area contributed by atoms with Gasteiger partial charge in [0.1, 0.15) is 5.82 Å². The van der Waals surface area contributed by atoms with Crippen molar-refractivity contribution in [2.75, 3.05) is 5.32 Å². The van der Waals surface area contributed by atoms with Gasteiger partial charge in [-0.25, -0.2) is 9.37 Å². The van der Waals surface area contributed by atoms with Crippen LogP contribution in [0, 0.1) is 12.7 Å². The number of halogens is 1. The number of benzene rings is 1. The largest absolute Gasteiger partial charge is 0.353 e. The second kappa shape index (κ2) is 5.27. The van der Waals surface area contributed by atoms with Gasteiger partial charge in [0.25, 0.3) is 0 Å². The van der Waals surface area contributed by atoms with Gasteiger partial charge in [0.05, 0.1) is 5.69 Å². The molecule has 1 aliphatic rings. The Balaban J connectivity index is 1.66. The van der Waals surface area contributed by atoms with Crippen LogP contribution in [0.1, 0.15) is 37.1 Å². The number of aryl methyl sites for hydroxylation is 1. The minimum absolute atomic E-state index is 0.186. The lowest BCUT2D eigenvalue weighted by atomic mass is 10.1. The van der Waals surface area contributed by atoms with E-state index in [1.807, 2.05) is 19.1 Å². The predicted molar refractivity (Wildman–Crippen MR) is 78.4 cm³/mol. The molecule has 1 N–H and O–H groups in total. The maximum Gasteiger partial charge on any atom is 0.203 e. The molecule has 0 saturated heterocycles. The molecule has 0 radical (unpaired) electrons. The summed E-state index contributed by atoms with van der Waals surface area (Å²) in [5.41, 5.74) is 2.18. The third kappa shape index (κ3) is 3.00. The second-order valence-electron chi connectivity index (χ2n) is 5.72. The van der Waals surface area contributed by atoms with E-state index < -0.39 is 0 Å². The summed E-state index contributed by atoms with van der Waals surface area (Å²) in [6.45, 7) is 4.15. The predicted octanol–water partition coefficient (Wildman–Crippen LogP) is 3.71. The Hall–Kier alpha value is -1.84. The van der Waals surface area contributed by atoms with Crippen LogP contribution in [0.25, 0.3) is 0 Å². The van der Waals surface area contributed by atoms with Crippen molar-refractivity contribution in [2.24, 2.45) is 0 Å². The van der Waals surface area contributed by atoms with E-state index in [-0.39, 0.29) is 11.9 Å². The number of rotatable bonds is 5. The Morgan fingerprint density at radius 1 is 1.35 bits per heavy atom. The summed E-state index contributed by atoms with van der Waals surface area (Å²) in [6.07, 6.45) is 5.47. The summed E-state index contributed by atoms with van der Waals surface area (Å²) in [5.74, 6) is 0.772. The number of imidazole rings is 1. The molecule has 3 nitrogen and oxygen atoms in total. The number of nitrogens with zero attached hydrogens (tertiary/aromatic N) is 2. The quantitative estimate of drug-likeness (QED) is 0.900. The van der Waals surface area contributed by atoms with Gasteiger partial charge in [0.2, 0.25) is 5.95 Å². The van der Waals surface area contributed by atoms with Gasteiger partial charge in [0, 0.05) is 18.3 Å². The Bertz CT molecular complexity index is 584. The van der Waals surface area contributed by atoms with Crippen molar-refractivity contribution in [3.63, 3.8) is 0 Å². The van der Waals surface area contributed by atoms with E-state index in [4.69, 9.17) is 0 Å². The summed E-state index contributed by atoms with van der Waals surface area (Å²) in [6, 6.07) is 7.59. The summed E-state index contributed by atoms with van der Waals surface area (Å²) >= 11 is 0. The average molecular weight is 273 g/mol. The van der Waals surface area contributed by atoms with Crippen LogP contribution in [0.3, 0.4) is 0 Å². The second-order valence-corrected chi connectivity index (χ2v) is 5.72. The molecule has 0 bridgehead atoms. The molecule has 0 amide bonds. The topological polar surface area (TPSA) is 29.9 Å². The van der Waals surface area contributed by atoms with E-state index in [0.717, 1.165) is 23.6 Å². The zero-order chi connectivity index (χ0) is 14.1. The standard InChI is InChI=1S/C16H20FN3/c1-11(9-13-3-5-14(17)6-4-13)18-16-19-12(2)10-20(16)15-7-8-15/h3-6,10-11,15H,7-9H2,1-2H3,(H,18,19). The lowest BCUT2D eigenvalue weighted by Crippen LogP contribution is -2.20. The number of nitrogens with one attached hydrogen (secondary N) is 1. The summed E-state index contributed by atoms with van der Waals surface area (Å²) in [7, 11) is 0. The van der Waals surface area contributed by atoms with Crippen LogP contribution in [-0.4, -0.2) is 15.6 Å². The summed E-state index contributed by atoms with van der Waals surface area (Å²) in [5, 5.41) is 3.47. The molecule has 1 saturated carbocycles. The Labute approximate surface area is 118 Å². The Kier molecular flexibility index (Phi) is 3.47. The zero-order valence-corrected chi connectivity index (χ0v) is 11.9. The van der Waals surface area contributed by atoms with Crippen molar-refractivity contribution >= 4 is 5.95 Å². The van der Waals surface area contributed by atoms with E-state index >= 15 is 0 Å². The minimum Gasteiger partial charge on any atom is -0.353 e. The lowest BCUT2D eigenvalue weighted by molar-refractivity contribution is 0.626. The monoisotopic (exact) mass is 273 g/mol. The van der Waals surface area contributed by atoms with Gasteiger partial charge in [-0.15, -0.1) is 0 Å². The third-order valence-electron chi connectivity index (χ3n) is 3.62. The number of hydrogen-bond acceptors (Lipinski definition) is 2. The van der Waals surface area contributed by atoms with Crippen LogP contribution in [-0.2, 0) is 6.42 Å². The highest BCUT2D eigenvalue weighted by Gasteiger charge is 2.26. The first-order valence-corrected chi connectivity index (χ1v) is 7.18. The van der Waals surface area contributed by atoms with Crippen molar-refractivity contribution < 1.29 is 4.39 Å². The van der Waals surface area contributed by atoms with Crippen molar-refractivity contribution in [1.82, 2.24) is 9.55 Å². The van der Waals surface area contributed by atoms with Crippen molar-refractivity contribution in [3.8, 4) is 0 Å². The zero-order valence-electron chi connectivity index (χ0n) is 11.9. The molecule has 1 aromatic heterocycles. The van der Waals surface area contributed by atoms with Crippen molar-refractivity contribution in [3.05, 3.63) is 47.5 Å². The summed E-state index contributed by atoms with van der Waals surface area (Å²) < 4.78 is 15.1. The highest BCUT2D eigenvalue weighted by Crippen LogP contribution is 2.37. The molecule has 1 fully saturated rings. The van der Waals surface area contributed by atoms with Gasteiger partial charge in [0.15, 0.2) is 0 Å². The minimum atomic E-state index is -0.186. The fraction of sp³-hybridized carbons (Fsp3) is 0.438. The average Bonchev–Trinajstić information content (AvgIpc) is 3.17. The third-order valence-corrected chi connectivity index (χ3v) is 3.62. The van der Waals surface area contributed by atoms with E-state index in [2.05, 4.69) is 28.0 Å². The van der Waals surface area contributed by atoms with Crippen LogP contribution in [0.5, 0.6) is 0 Å². The Morgan fingerprint density at radius 2 is 2.05 bits per heavy atom. The first-order chi connectivity index (χ1) is 9.61. The van der Waals surface area contributed by atoms with Gasteiger partial charge < -0.3 is 9.88 Å². The van der Waals surface area contributed by atoms with E-state index in [0.29, 0.717) is 6.04 Å². The fourth-order valence-corrected chi connectivity index (χ4v) is 2.50. The first-order valence-electron chi connectivity index (χ1n) is 7.18. The molecular weight excluding hydrogens is 253 g/mol. The molecule has 1 heterocycles. The van der Waals surface area contributed by atoms with Crippen LogP contribution >= 0.6 is 0 Å². The van der Waals surface area contributed by atoms with Gasteiger partial charge in [-0.1, -0.05) is 12.1 Å². The Morgan fingerprint density at radius 3 is 2.70 bits per heavy atom. The molecule has 1 atom stereocenters. The van der Waals surface area contributed by atoms with Gasteiger partial charge >= 0.3 is 0 Å². The van der Waals surface area contributed by atoms with Gasteiger partial charge in [-0.05, 0) is 50.8 Å². The van der Waals surface area contributed by atoms with Crippen molar-refractivity contribution in [2.45, 2.75) is 45.2 Å².